The van der Waals surface area contributed by atoms with Gasteiger partial charge in [-0.1, -0.05) is 18.2 Å². The maximum Gasteiger partial charge on any atom is 0.126 e. The van der Waals surface area contributed by atoms with Crippen LogP contribution in [0.15, 0.2) is 48.5 Å². The third kappa shape index (κ3) is 3.90. The first-order chi connectivity index (χ1) is 12.9. The number of phenols is 1. The lowest BCUT2D eigenvalue weighted by Gasteiger charge is -2.18. The van der Waals surface area contributed by atoms with E-state index in [1.165, 1.54) is 12.1 Å². The number of aryl methyl sites for hydroxylation is 2. The molecule has 2 N–H and O–H groups in total. The van der Waals surface area contributed by atoms with Gasteiger partial charge in [0.1, 0.15) is 17.3 Å². The Hall–Kier alpha value is -3.01. The monoisotopic (exact) mass is 365 g/mol. The summed E-state index contributed by atoms with van der Waals surface area (Å²) < 4.78 is 19.2. The van der Waals surface area contributed by atoms with E-state index < -0.39 is 0 Å². The van der Waals surface area contributed by atoms with Gasteiger partial charge in [0, 0.05) is 23.4 Å². The predicted molar refractivity (Wildman–Crippen MR) is 108 cm³/mol. The van der Waals surface area contributed by atoms with Gasteiger partial charge in [0.25, 0.3) is 0 Å². The van der Waals surface area contributed by atoms with E-state index in [4.69, 9.17) is 4.74 Å². The van der Waals surface area contributed by atoms with Crippen molar-refractivity contribution in [1.82, 2.24) is 0 Å². The molecule has 0 saturated heterocycles. The number of methoxy groups -OCH3 is 1. The van der Waals surface area contributed by atoms with Gasteiger partial charge in [-0.15, -0.1) is 0 Å². The minimum atomic E-state index is -0.258. The van der Waals surface area contributed by atoms with Crippen molar-refractivity contribution in [2.24, 2.45) is 0 Å². The van der Waals surface area contributed by atoms with E-state index >= 15 is 0 Å². The van der Waals surface area contributed by atoms with Crippen LogP contribution in [0.1, 0.15) is 22.3 Å². The van der Waals surface area contributed by atoms with Crippen molar-refractivity contribution in [1.29, 1.82) is 0 Å². The molecule has 0 fully saturated rings. The maximum atomic E-state index is 13.6. The Morgan fingerprint density at radius 2 is 1.74 bits per heavy atom. The first kappa shape index (κ1) is 18.8. The summed E-state index contributed by atoms with van der Waals surface area (Å²) in [5, 5.41) is 13.4. The van der Waals surface area contributed by atoms with E-state index in [1.807, 2.05) is 45.0 Å². The van der Waals surface area contributed by atoms with Crippen LogP contribution in [-0.2, 0) is 6.54 Å². The van der Waals surface area contributed by atoms with Crippen LogP contribution in [0.3, 0.4) is 0 Å². The van der Waals surface area contributed by atoms with Crippen LogP contribution in [0.25, 0.3) is 11.1 Å². The van der Waals surface area contributed by atoms with Crippen LogP contribution in [0, 0.1) is 26.6 Å². The van der Waals surface area contributed by atoms with Crippen molar-refractivity contribution in [2.75, 3.05) is 12.4 Å². The normalized spacial score (nSPS) is 10.7. The molecule has 3 aromatic carbocycles. The molecule has 0 radical (unpaired) electrons. The summed E-state index contributed by atoms with van der Waals surface area (Å²) in [5.74, 6) is 0.810. The van der Waals surface area contributed by atoms with Crippen LogP contribution < -0.4 is 10.1 Å². The SMILES string of the molecule is COc1c(C)cc(-c2cccc(F)c2)cc1CNc1c(C)ccc(O)c1C. The molecular formula is C23H24FNO2. The van der Waals surface area contributed by atoms with Crippen LogP contribution >= 0.6 is 0 Å². The van der Waals surface area contributed by atoms with Gasteiger partial charge in [-0.05, 0) is 73.4 Å². The lowest BCUT2D eigenvalue weighted by Crippen LogP contribution is -2.06. The summed E-state index contributed by atoms with van der Waals surface area (Å²) in [6.45, 7) is 6.39. The fourth-order valence-electron chi connectivity index (χ4n) is 3.40. The van der Waals surface area contributed by atoms with Crippen molar-refractivity contribution in [3.05, 3.63) is 76.6 Å². The Kier molecular flexibility index (Phi) is 5.36. The van der Waals surface area contributed by atoms with Gasteiger partial charge in [0.15, 0.2) is 0 Å². The molecule has 0 atom stereocenters. The van der Waals surface area contributed by atoms with Gasteiger partial charge in [-0.2, -0.15) is 0 Å². The highest BCUT2D eigenvalue weighted by molar-refractivity contribution is 5.68. The lowest BCUT2D eigenvalue weighted by atomic mass is 9.98. The average Bonchev–Trinajstić information content (AvgIpc) is 2.64. The fourth-order valence-corrected chi connectivity index (χ4v) is 3.40. The number of ether oxygens (including phenoxy) is 1. The molecule has 0 heterocycles. The number of hydrogen-bond donors (Lipinski definition) is 2. The molecule has 0 aliphatic carbocycles. The minimum Gasteiger partial charge on any atom is -0.508 e. The predicted octanol–water partition coefficient (Wildman–Crippen LogP) is 5.74. The quantitative estimate of drug-likeness (QED) is 0.605. The Bertz CT molecular complexity index is 982. The second-order valence-corrected chi connectivity index (χ2v) is 6.75. The number of nitrogens with one attached hydrogen (secondary N) is 1. The van der Waals surface area contributed by atoms with Gasteiger partial charge in [0.2, 0.25) is 0 Å². The molecular weight excluding hydrogens is 341 g/mol. The van der Waals surface area contributed by atoms with E-state index in [9.17, 15) is 9.50 Å². The topological polar surface area (TPSA) is 41.5 Å². The molecule has 0 saturated carbocycles. The summed E-state index contributed by atoms with van der Waals surface area (Å²) in [5.41, 5.74) is 6.50. The molecule has 0 unspecified atom stereocenters. The summed E-state index contributed by atoms with van der Waals surface area (Å²) in [4.78, 5) is 0. The molecule has 0 bridgehead atoms. The maximum absolute atomic E-state index is 13.6. The van der Waals surface area contributed by atoms with Gasteiger partial charge < -0.3 is 15.2 Å². The molecule has 0 aromatic heterocycles. The van der Waals surface area contributed by atoms with E-state index in [0.717, 1.165) is 44.8 Å². The smallest absolute Gasteiger partial charge is 0.126 e. The third-order valence-electron chi connectivity index (χ3n) is 4.81. The van der Waals surface area contributed by atoms with E-state index in [0.29, 0.717) is 6.54 Å². The van der Waals surface area contributed by atoms with Crippen LogP contribution in [0.2, 0.25) is 0 Å². The van der Waals surface area contributed by atoms with Gasteiger partial charge in [-0.25, -0.2) is 4.39 Å². The molecule has 3 rings (SSSR count). The summed E-state index contributed by atoms with van der Waals surface area (Å²) in [7, 11) is 1.65. The zero-order chi connectivity index (χ0) is 19.6. The number of benzene rings is 3. The molecule has 4 heteroatoms. The highest BCUT2D eigenvalue weighted by Crippen LogP contribution is 2.33. The van der Waals surface area contributed by atoms with Gasteiger partial charge >= 0.3 is 0 Å². The number of rotatable bonds is 5. The first-order valence-corrected chi connectivity index (χ1v) is 8.87. The number of aromatic hydroxyl groups is 1. The molecule has 140 valence electrons. The molecule has 27 heavy (non-hydrogen) atoms. The number of hydrogen-bond acceptors (Lipinski definition) is 3. The van der Waals surface area contributed by atoms with E-state index in [2.05, 4.69) is 5.32 Å². The van der Waals surface area contributed by atoms with Crippen molar-refractivity contribution in [2.45, 2.75) is 27.3 Å². The zero-order valence-electron chi connectivity index (χ0n) is 16.1. The Labute approximate surface area is 159 Å². The number of halogens is 1. The summed E-state index contributed by atoms with van der Waals surface area (Å²) in [6, 6.07) is 14.2. The molecule has 0 aliphatic rings. The van der Waals surface area contributed by atoms with Gasteiger partial charge in [0.05, 0.1) is 7.11 Å². The van der Waals surface area contributed by atoms with Crippen LogP contribution in [-0.4, -0.2) is 12.2 Å². The Morgan fingerprint density at radius 3 is 2.44 bits per heavy atom. The largest absolute Gasteiger partial charge is 0.508 e. The van der Waals surface area contributed by atoms with Crippen LogP contribution in [0.5, 0.6) is 11.5 Å². The highest BCUT2D eigenvalue weighted by Gasteiger charge is 2.12. The Morgan fingerprint density at radius 1 is 0.963 bits per heavy atom. The average molecular weight is 365 g/mol. The van der Waals surface area contributed by atoms with Crippen molar-refractivity contribution in [3.8, 4) is 22.6 Å². The van der Waals surface area contributed by atoms with Crippen molar-refractivity contribution in [3.63, 3.8) is 0 Å². The number of phenolic OH excluding ortho intramolecular Hbond substituents is 1. The summed E-state index contributed by atoms with van der Waals surface area (Å²) >= 11 is 0. The molecule has 0 aliphatic heterocycles. The Balaban J connectivity index is 1.98. The van der Waals surface area contributed by atoms with Crippen molar-refractivity contribution < 1.29 is 14.2 Å². The first-order valence-electron chi connectivity index (χ1n) is 8.87. The molecule has 3 aromatic rings. The zero-order valence-corrected chi connectivity index (χ0v) is 16.1. The van der Waals surface area contributed by atoms with Crippen LogP contribution in [0.4, 0.5) is 10.1 Å². The molecule has 0 spiro atoms. The molecule has 0 amide bonds. The standard InChI is InChI=1S/C23H24FNO2/c1-14-8-9-21(26)16(3)22(14)25-13-19-11-18(10-15(2)23(19)27-4)17-6-5-7-20(24)12-17/h5-12,25-26H,13H2,1-4H3. The summed E-state index contributed by atoms with van der Waals surface area (Å²) in [6.07, 6.45) is 0. The molecule has 3 nitrogen and oxygen atoms in total. The highest BCUT2D eigenvalue weighted by atomic mass is 19.1. The number of anilines is 1. The lowest BCUT2D eigenvalue weighted by molar-refractivity contribution is 0.407. The fraction of sp³-hybridized carbons (Fsp3) is 0.217. The minimum absolute atomic E-state index is 0.258. The second kappa shape index (κ2) is 7.70. The van der Waals surface area contributed by atoms with E-state index in [-0.39, 0.29) is 11.6 Å². The van der Waals surface area contributed by atoms with Gasteiger partial charge in [-0.3, -0.25) is 0 Å². The third-order valence-corrected chi connectivity index (χ3v) is 4.81. The second-order valence-electron chi connectivity index (χ2n) is 6.75. The van der Waals surface area contributed by atoms with Crippen molar-refractivity contribution >= 4 is 5.69 Å². The van der Waals surface area contributed by atoms with E-state index in [1.54, 1.807) is 19.2 Å².